The number of allylic oxidation sites excluding steroid dienone is 1. The van der Waals surface area contributed by atoms with Gasteiger partial charge in [0.15, 0.2) is 0 Å². The van der Waals surface area contributed by atoms with E-state index in [9.17, 15) is 10.2 Å². The summed E-state index contributed by atoms with van der Waals surface area (Å²) in [5, 5.41) is 20.2. The van der Waals surface area contributed by atoms with Crippen molar-refractivity contribution in [2.75, 3.05) is 6.61 Å². The van der Waals surface area contributed by atoms with Crippen LogP contribution in [-0.4, -0.2) is 37.4 Å². The molecule has 2 nitrogen and oxygen atoms in total. The van der Waals surface area contributed by atoms with Gasteiger partial charge in [-0.1, -0.05) is 0 Å². The molecule has 1 aliphatic rings. The minimum atomic E-state index is -0.901. The van der Waals surface area contributed by atoms with Crippen LogP contribution < -0.4 is 4.46 Å². The quantitative estimate of drug-likeness (QED) is 0.656. The molecule has 0 radical (unpaired) electrons. The third-order valence-electron chi connectivity index (χ3n) is 4.02. The molecular formula is C16H22O2Se. The molecule has 0 unspecified atom stereocenters. The van der Waals surface area contributed by atoms with Gasteiger partial charge in [-0.05, 0) is 0 Å². The average Bonchev–Trinajstić information content (AvgIpc) is 2.42. The zero-order valence-electron chi connectivity index (χ0n) is 11.4. The van der Waals surface area contributed by atoms with Crippen molar-refractivity contribution >= 4 is 19.4 Å². The van der Waals surface area contributed by atoms with Crippen LogP contribution in [0.1, 0.15) is 26.2 Å². The molecule has 1 aromatic rings. The summed E-state index contributed by atoms with van der Waals surface area (Å²) in [4.78, 5) is 0.169. The molecule has 3 atom stereocenters. The fourth-order valence-corrected chi connectivity index (χ4v) is 5.53. The first kappa shape index (κ1) is 14.8. The molecule has 0 spiro atoms. The minimum absolute atomic E-state index is 0.130. The summed E-state index contributed by atoms with van der Waals surface area (Å²) in [6.07, 6.45) is 2.56. The molecule has 2 N–H and O–H groups in total. The zero-order chi connectivity index (χ0) is 13.9. The van der Waals surface area contributed by atoms with Crippen molar-refractivity contribution in [2.24, 2.45) is 5.92 Å². The number of hydrogen-bond acceptors (Lipinski definition) is 2. The summed E-state index contributed by atoms with van der Waals surface area (Å²) in [5.74, 6) is 0.488. The van der Waals surface area contributed by atoms with Gasteiger partial charge >= 0.3 is 121 Å². The van der Waals surface area contributed by atoms with Gasteiger partial charge in [-0.25, -0.2) is 0 Å². The molecule has 104 valence electrons. The molecule has 0 heterocycles. The summed E-state index contributed by atoms with van der Waals surface area (Å²) in [5.41, 5.74) is 0.302. The molecular weight excluding hydrogens is 303 g/mol. The van der Waals surface area contributed by atoms with E-state index in [4.69, 9.17) is 0 Å². The molecule has 0 aliphatic heterocycles. The second-order valence-corrected chi connectivity index (χ2v) is 8.18. The van der Waals surface area contributed by atoms with E-state index in [2.05, 4.69) is 25.6 Å². The normalized spacial score (nSPS) is 31.1. The Morgan fingerprint density at radius 1 is 1.42 bits per heavy atom. The monoisotopic (exact) mass is 326 g/mol. The molecule has 0 saturated heterocycles. The van der Waals surface area contributed by atoms with E-state index in [0.717, 1.165) is 12.8 Å². The SMILES string of the molecule is C=C(C)[C@@H]1CC[C@](O)(CO)[C@H]([Se]c2ccccc2)C1. The van der Waals surface area contributed by atoms with Gasteiger partial charge in [-0.2, -0.15) is 0 Å². The fourth-order valence-electron chi connectivity index (χ4n) is 2.63. The first-order chi connectivity index (χ1) is 9.05. The third kappa shape index (κ3) is 3.49. The third-order valence-corrected chi connectivity index (χ3v) is 7.08. The molecule has 19 heavy (non-hydrogen) atoms. The van der Waals surface area contributed by atoms with Crippen LogP contribution in [-0.2, 0) is 0 Å². The molecule has 1 saturated carbocycles. The van der Waals surface area contributed by atoms with E-state index in [0.29, 0.717) is 12.3 Å². The van der Waals surface area contributed by atoms with Crippen LogP contribution in [0, 0.1) is 5.92 Å². The zero-order valence-corrected chi connectivity index (χ0v) is 13.1. The van der Waals surface area contributed by atoms with Crippen molar-refractivity contribution in [2.45, 2.75) is 36.6 Å². The van der Waals surface area contributed by atoms with Gasteiger partial charge in [0.25, 0.3) is 0 Å². The number of benzene rings is 1. The van der Waals surface area contributed by atoms with Gasteiger partial charge in [0.1, 0.15) is 0 Å². The second kappa shape index (κ2) is 6.23. The number of rotatable bonds is 4. The summed E-state index contributed by atoms with van der Waals surface area (Å²) >= 11 is 0.187. The average molecular weight is 325 g/mol. The molecule has 0 aromatic heterocycles. The van der Waals surface area contributed by atoms with E-state index in [1.807, 2.05) is 18.2 Å². The second-order valence-electron chi connectivity index (χ2n) is 5.50. The van der Waals surface area contributed by atoms with E-state index >= 15 is 0 Å². The van der Waals surface area contributed by atoms with Crippen molar-refractivity contribution in [1.29, 1.82) is 0 Å². The summed E-state index contributed by atoms with van der Waals surface area (Å²) in [7, 11) is 0. The fraction of sp³-hybridized carbons (Fsp3) is 0.500. The first-order valence-electron chi connectivity index (χ1n) is 6.75. The van der Waals surface area contributed by atoms with E-state index < -0.39 is 5.60 Å². The Labute approximate surface area is 121 Å². The molecule has 1 aliphatic carbocycles. The van der Waals surface area contributed by atoms with Crippen molar-refractivity contribution in [1.82, 2.24) is 0 Å². The standard InChI is InChI=1S/C16H22O2Se/c1-12(2)13-8-9-16(18,11-17)15(10-13)19-14-6-4-3-5-7-14/h3-7,13,15,17-18H,1,8-11H2,2H3/t13-,15-,16+/m1/s1. The van der Waals surface area contributed by atoms with Gasteiger partial charge in [-0.15, -0.1) is 0 Å². The van der Waals surface area contributed by atoms with Crippen molar-refractivity contribution < 1.29 is 10.2 Å². The Morgan fingerprint density at radius 3 is 2.68 bits per heavy atom. The van der Waals surface area contributed by atoms with E-state index in [-0.39, 0.29) is 26.4 Å². The van der Waals surface area contributed by atoms with Gasteiger partial charge in [0, 0.05) is 0 Å². The number of aliphatic hydroxyl groups excluding tert-OH is 1. The number of aliphatic hydroxyl groups is 2. The maximum absolute atomic E-state index is 10.6. The van der Waals surface area contributed by atoms with Crippen LogP contribution in [0.15, 0.2) is 42.5 Å². The Kier molecular flexibility index (Phi) is 4.86. The van der Waals surface area contributed by atoms with E-state index in [1.165, 1.54) is 10.0 Å². The van der Waals surface area contributed by atoms with Crippen LogP contribution >= 0.6 is 0 Å². The Hall–Kier alpha value is -0.601. The predicted molar refractivity (Wildman–Crippen MR) is 79.8 cm³/mol. The summed E-state index contributed by atoms with van der Waals surface area (Å²) < 4.78 is 1.29. The predicted octanol–water partition coefficient (Wildman–Crippen LogP) is 1.90. The van der Waals surface area contributed by atoms with Crippen LogP contribution in [0.25, 0.3) is 0 Å². The van der Waals surface area contributed by atoms with Crippen molar-refractivity contribution in [3.05, 3.63) is 42.5 Å². The first-order valence-corrected chi connectivity index (χ1v) is 8.60. The molecule has 1 fully saturated rings. The molecule has 0 bridgehead atoms. The topological polar surface area (TPSA) is 40.5 Å². The van der Waals surface area contributed by atoms with Crippen LogP contribution in [0.3, 0.4) is 0 Å². The molecule has 3 heteroatoms. The Bertz CT molecular complexity index is 432. The van der Waals surface area contributed by atoms with Crippen LogP contribution in [0.4, 0.5) is 0 Å². The molecule has 2 rings (SSSR count). The molecule has 1 aromatic carbocycles. The van der Waals surface area contributed by atoms with Gasteiger partial charge < -0.3 is 0 Å². The maximum atomic E-state index is 10.6. The van der Waals surface area contributed by atoms with Crippen molar-refractivity contribution in [3.63, 3.8) is 0 Å². The van der Waals surface area contributed by atoms with E-state index in [1.54, 1.807) is 0 Å². The summed E-state index contributed by atoms with van der Waals surface area (Å²) in [6, 6.07) is 10.3. The molecule has 0 amide bonds. The number of hydrogen-bond donors (Lipinski definition) is 2. The Morgan fingerprint density at radius 2 is 2.11 bits per heavy atom. The van der Waals surface area contributed by atoms with Crippen LogP contribution in [0.5, 0.6) is 0 Å². The van der Waals surface area contributed by atoms with Crippen molar-refractivity contribution in [3.8, 4) is 0 Å². The van der Waals surface area contributed by atoms with Crippen LogP contribution in [0.2, 0.25) is 4.82 Å². The summed E-state index contributed by atoms with van der Waals surface area (Å²) in [6.45, 7) is 6.00. The Balaban J connectivity index is 2.14. The van der Waals surface area contributed by atoms with Gasteiger partial charge in [0.05, 0.1) is 0 Å². The van der Waals surface area contributed by atoms with Gasteiger partial charge in [0.2, 0.25) is 0 Å². The van der Waals surface area contributed by atoms with Gasteiger partial charge in [-0.3, -0.25) is 0 Å².